The van der Waals surface area contributed by atoms with Gasteiger partial charge in [0, 0.05) is 13.6 Å². The van der Waals surface area contributed by atoms with E-state index in [0.717, 1.165) is 41.3 Å². The summed E-state index contributed by atoms with van der Waals surface area (Å²) >= 11 is 3.40. The van der Waals surface area contributed by atoms with Crippen molar-refractivity contribution in [3.63, 3.8) is 0 Å². The minimum Gasteiger partial charge on any atom is -0.368 e. The number of hydrogen-bond donors (Lipinski definition) is 1. The van der Waals surface area contributed by atoms with Gasteiger partial charge in [0.15, 0.2) is 10.4 Å². The summed E-state index contributed by atoms with van der Waals surface area (Å²) in [6, 6.07) is 0. The zero-order valence-corrected chi connectivity index (χ0v) is 13.1. The molecule has 0 aliphatic rings. The zero-order chi connectivity index (χ0) is 14.0. The van der Waals surface area contributed by atoms with E-state index in [9.17, 15) is 0 Å². The number of nitrogens with one attached hydrogen (secondary N) is 1. The van der Waals surface area contributed by atoms with E-state index in [1.165, 1.54) is 0 Å². The fourth-order valence-electron chi connectivity index (χ4n) is 1.82. The Bertz CT molecular complexity index is 573. The summed E-state index contributed by atoms with van der Waals surface area (Å²) in [5, 5.41) is 19.8. The van der Waals surface area contributed by atoms with Crippen LogP contribution < -0.4 is 5.32 Å². The topological polar surface area (TPSA) is 68.5 Å². The lowest BCUT2D eigenvalue weighted by molar-refractivity contribution is 0.717. The van der Waals surface area contributed by atoms with Crippen molar-refractivity contribution in [3.05, 3.63) is 15.7 Å². The van der Waals surface area contributed by atoms with Gasteiger partial charge in [-0.05, 0) is 47.3 Å². The Morgan fingerprint density at radius 3 is 2.47 bits per heavy atom. The second kappa shape index (κ2) is 5.64. The van der Waals surface area contributed by atoms with Crippen LogP contribution in [0.3, 0.4) is 0 Å². The molecule has 0 radical (unpaired) electrons. The highest BCUT2D eigenvalue weighted by Gasteiger charge is 2.17. The standard InChI is InChI=1S/C12H17BrN6/c1-5-6-14-12-8(3)7(2)9(15-17-12)10-11(13)16-18-19(10)4/h5-6H2,1-4H3,(H,14,17). The number of aryl methyl sites for hydroxylation is 1. The first kappa shape index (κ1) is 13.9. The first-order valence-electron chi connectivity index (χ1n) is 6.19. The van der Waals surface area contributed by atoms with E-state index in [2.05, 4.69) is 48.7 Å². The highest BCUT2D eigenvalue weighted by molar-refractivity contribution is 9.10. The second-order valence-corrected chi connectivity index (χ2v) is 5.18. The lowest BCUT2D eigenvalue weighted by Gasteiger charge is -2.12. The molecule has 7 heteroatoms. The Morgan fingerprint density at radius 2 is 1.89 bits per heavy atom. The molecule has 0 aromatic carbocycles. The van der Waals surface area contributed by atoms with Crippen LogP contribution in [0.2, 0.25) is 0 Å². The van der Waals surface area contributed by atoms with Gasteiger partial charge in [0.1, 0.15) is 11.4 Å². The van der Waals surface area contributed by atoms with Crippen molar-refractivity contribution in [2.75, 3.05) is 11.9 Å². The van der Waals surface area contributed by atoms with E-state index in [-0.39, 0.29) is 0 Å². The summed E-state index contributed by atoms with van der Waals surface area (Å²) in [4.78, 5) is 0. The first-order valence-corrected chi connectivity index (χ1v) is 6.98. The zero-order valence-electron chi connectivity index (χ0n) is 11.5. The molecule has 1 N–H and O–H groups in total. The number of rotatable bonds is 4. The Hall–Kier alpha value is -1.50. The van der Waals surface area contributed by atoms with Crippen molar-refractivity contribution in [3.8, 4) is 11.4 Å². The van der Waals surface area contributed by atoms with Gasteiger partial charge in [0.25, 0.3) is 0 Å². The number of anilines is 1. The largest absolute Gasteiger partial charge is 0.368 e. The molecule has 0 amide bonds. The molecule has 2 rings (SSSR count). The van der Waals surface area contributed by atoms with Gasteiger partial charge in [-0.25, -0.2) is 4.68 Å². The summed E-state index contributed by atoms with van der Waals surface area (Å²) in [5.41, 5.74) is 3.83. The molecule has 2 heterocycles. The summed E-state index contributed by atoms with van der Waals surface area (Å²) < 4.78 is 2.38. The molecule has 0 unspecified atom stereocenters. The monoisotopic (exact) mass is 324 g/mol. The maximum absolute atomic E-state index is 4.31. The predicted molar refractivity (Wildman–Crippen MR) is 78.0 cm³/mol. The maximum atomic E-state index is 4.31. The van der Waals surface area contributed by atoms with E-state index in [1.807, 2.05) is 20.9 Å². The number of aromatic nitrogens is 5. The van der Waals surface area contributed by atoms with E-state index in [1.54, 1.807) is 4.68 Å². The molecule has 0 saturated heterocycles. The molecule has 2 aromatic rings. The van der Waals surface area contributed by atoms with Gasteiger partial charge < -0.3 is 5.32 Å². The third-order valence-electron chi connectivity index (χ3n) is 3.08. The average molecular weight is 325 g/mol. The highest BCUT2D eigenvalue weighted by Crippen LogP contribution is 2.29. The van der Waals surface area contributed by atoms with E-state index >= 15 is 0 Å². The Labute approximate surface area is 120 Å². The fraction of sp³-hybridized carbons (Fsp3) is 0.500. The van der Waals surface area contributed by atoms with Crippen LogP contribution in [0.15, 0.2) is 4.60 Å². The summed E-state index contributed by atoms with van der Waals surface area (Å²) in [6.45, 7) is 7.10. The fourth-order valence-corrected chi connectivity index (χ4v) is 2.34. The van der Waals surface area contributed by atoms with E-state index in [0.29, 0.717) is 4.60 Å². The summed E-state index contributed by atoms with van der Waals surface area (Å²) in [6.07, 6.45) is 1.05. The predicted octanol–water partition coefficient (Wildman–Crippen LogP) is 2.47. The van der Waals surface area contributed by atoms with Crippen molar-refractivity contribution in [1.82, 2.24) is 25.2 Å². The van der Waals surface area contributed by atoms with Crippen LogP contribution in [0, 0.1) is 13.8 Å². The lowest BCUT2D eigenvalue weighted by atomic mass is 10.1. The lowest BCUT2D eigenvalue weighted by Crippen LogP contribution is -2.08. The third kappa shape index (κ3) is 2.60. The normalized spacial score (nSPS) is 10.8. The minimum absolute atomic E-state index is 0.682. The summed E-state index contributed by atoms with van der Waals surface area (Å²) in [5.74, 6) is 0.842. The van der Waals surface area contributed by atoms with Crippen LogP contribution in [0.1, 0.15) is 24.5 Å². The smallest absolute Gasteiger partial charge is 0.158 e. The van der Waals surface area contributed by atoms with Crippen LogP contribution in [0.5, 0.6) is 0 Å². The van der Waals surface area contributed by atoms with Crippen LogP contribution in [0.25, 0.3) is 11.4 Å². The Balaban J connectivity index is 2.47. The maximum Gasteiger partial charge on any atom is 0.158 e. The van der Waals surface area contributed by atoms with Gasteiger partial charge in [-0.3, -0.25) is 0 Å². The molecule has 102 valence electrons. The first-order chi connectivity index (χ1) is 9.06. The molecule has 0 aliphatic carbocycles. The van der Waals surface area contributed by atoms with Gasteiger partial charge in [0.2, 0.25) is 0 Å². The molecular formula is C12H17BrN6. The quantitative estimate of drug-likeness (QED) is 0.935. The van der Waals surface area contributed by atoms with Gasteiger partial charge in [0.05, 0.1) is 0 Å². The molecular weight excluding hydrogens is 308 g/mol. The summed E-state index contributed by atoms with van der Waals surface area (Å²) in [7, 11) is 1.84. The van der Waals surface area contributed by atoms with E-state index in [4.69, 9.17) is 0 Å². The molecule has 0 aliphatic heterocycles. The van der Waals surface area contributed by atoms with Gasteiger partial charge in [-0.1, -0.05) is 12.1 Å². The van der Waals surface area contributed by atoms with Crippen molar-refractivity contribution in [1.29, 1.82) is 0 Å². The van der Waals surface area contributed by atoms with Gasteiger partial charge >= 0.3 is 0 Å². The molecule has 6 nitrogen and oxygen atoms in total. The molecule has 0 atom stereocenters. The van der Waals surface area contributed by atoms with Crippen LogP contribution in [-0.2, 0) is 7.05 Å². The molecule has 0 bridgehead atoms. The van der Waals surface area contributed by atoms with Gasteiger partial charge in [-0.15, -0.1) is 15.3 Å². The molecule has 19 heavy (non-hydrogen) atoms. The van der Waals surface area contributed by atoms with Crippen molar-refractivity contribution in [2.24, 2.45) is 7.05 Å². The number of nitrogens with zero attached hydrogens (tertiary/aromatic N) is 5. The Kier molecular flexibility index (Phi) is 4.14. The van der Waals surface area contributed by atoms with Crippen LogP contribution >= 0.6 is 15.9 Å². The highest BCUT2D eigenvalue weighted by atomic mass is 79.9. The average Bonchev–Trinajstić information content (AvgIpc) is 2.72. The van der Waals surface area contributed by atoms with E-state index < -0.39 is 0 Å². The van der Waals surface area contributed by atoms with Crippen molar-refractivity contribution in [2.45, 2.75) is 27.2 Å². The molecule has 0 fully saturated rings. The minimum atomic E-state index is 0.682. The molecule has 0 saturated carbocycles. The third-order valence-corrected chi connectivity index (χ3v) is 3.61. The van der Waals surface area contributed by atoms with Crippen molar-refractivity contribution < 1.29 is 0 Å². The molecule has 0 spiro atoms. The molecule has 2 aromatic heterocycles. The van der Waals surface area contributed by atoms with Gasteiger partial charge in [-0.2, -0.15) is 0 Å². The number of hydrogen-bond acceptors (Lipinski definition) is 5. The van der Waals surface area contributed by atoms with Crippen LogP contribution in [0.4, 0.5) is 5.82 Å². The number of halogens is 1. The SMILES string of the molecule is CCCNc1nnc(-c2c(Br)nnn2C)c(C)c1C. The van der Waals surface area contributed by atoms with Crippen LogP contribution in [-0.4, -0.2) is 31.7 Å². The Morgan fingerprint density at radius 1 is 1.16 bits per heavy atom. The van der Waals surface area contributed by atoms with Crippen molar-refractivity contribution >= 4 is 21.7 Å². The second-order valence-electron chi connectivity index (χ2n) is 4.43.